The maximum absolute atomic E-state index is 11.2. The zero-order valence-electron chi connectivity index (χ0n) is 10.4. The minimum atomic E-state index is -0.149. The van der Waals surface area contributed by atoms with Crippen molar-refractivity contribution < 1.29 is 0 Å². The SMILES string of the molecule is CCc1nn(C)c(Cn2ccc(=O)c(N)c2)c1Br. The Kier molecular flexibility index (Phi) is 3.56. The van der Waals surface area contributed by atoms with Crippen LogP contribution in [0.5, 0.6) is 0 Å². The van der Waals surface area contributed by atoms with E-state index in [1.807, 2.05) is 16.3 Å². The number of halogens is 1. The predicted octanol–water partition coefficient (Wildman–Crippen LogP) is 1.54. The lowest BCUT2D eigenvalue weighted by molar-refractivity contribution is 0.657. The van der Waals surface area contributed by atoms with Crippen LogP contribution in [0.4, 0.5) is 5.69 Å². The van der Waals surface area contributed by atoms with Gasteiger partial charge in [-0.15, -0.1) is 0 Å². The van der Waals surface area contributed by atoms with E-state index in [1.165, 1.54) is 6.07 Å². The van der Waals surface area contributed by atoms with Gasteiger partial charge in [0.2, 0.25) is 5.43 Å². The zero-order chi connectivity index (χ0) is 13.3. The van der Waals surface area contributed by atoms with Crippen LogP contribution in [0, 0.1) is 0 Å². The molecule has 0 aliphatic carbocycles. The lowest BCUT2D eigenvalue weighted by Crippen LogP contribution is -2.12. The molecule has 0 aliphatic rings. The molecule has 0 aromatic carbocycles. The van der Waals surface area contributed by atoms with Crippen molar-refractivity contribution in [2.24, 2.45) is 7.05 Å². The minimum absolute atomic E-state index is 0.149. The molecule has 2 N–H and O–H groups in total. The van der Waals surface area contributed by atoms with E-state index in [1.54, 1.807) is 12.4 Å². The summed E-state index contributed by atoms with van der Waals surface area (Å²) in [5, 5.41) is 4.43. The quantitative estimate of drug-likeness (QED) is 0.935. The second-order valence-electron chi connectivity index (χ2n) is 4.12. The summed E-state index contributed by atoms with van der Waals surface area (Å²) in [4.78, 5) is 11.2. The molecule has 5 nitrogen and oxygen atoms in total. The number of pyridine rings is 1. The number of aryl methyl sites for hydroxylation is 2. The number of nitrogens with two attached hydrogens (primary N) is 1. The van der Waals surface area contributed by atoms with Crippen LogP contribution in [0.15, 0.2) is 27.7 Å². The van der Waals surface area contributed by atoms with Crippen molar-refractivity contribution in [1.82, 2.24) is 14.3 Å². The molecule has 0 fully saturated rings. The monoisotopic (exact) mass is 310 g/mol. The van der Waals surface area contributed by atoms with Gasteiger partial charge >= 0.3 is 0 Å². The third kappa shape index (κ3) is 2.33. The molecule has 0 aliphatic heterocycles. The number of nitrogen functional groups attached to an aromatic ring is 1. The van der Waals surface area contributed by atoms with Crippen molar-refractivity contribution in [3.05, 3.63) is 44.5 Å². The highest BCUT2D eigenvalue weighted by Crippen LogP contribution is 2.22. The van der Waals surface area contributed by atoms with E-state index in [2.05, 4.69) is 28.0 Å². The zero-order valence-corrected chi connectivity index (χ0v) is 11.9. The third-order valence-electron chi connectivity index (χ3n) is 2.84. The fraction of sp³-hybridized carbons (Fsp3) is 0.333. The van der Waals surface area contributed by atoms with E-state index >= 15 is 0 Å². The summed E-state index contributed by atoms with van der Waals surface area (Å²) in [6, 6.07) is 1.47. The topological polar surface area (TPSA) is 65.8 Å². The van der Waals surface area contributed by atoms with Crippen LogP contribution in [-0.2, 0) is 20.0 Å². The molecule has 2 aromatic heterocycles. The second kappa shape index (κ2) is 4.97. The fourth-order valence-corrected chi connectivity index (χ4v) is 2.55. The van der Waals surface area contributed by atoms with Crippen LogP contribution in [0.25, 0.3) is 0 Å². The number of aromatic nitrogens is 3. The third-order valence-corrected chi connectivity index (χ3v) is 3.76. The van der Waals surface area contributed by atoms with E-state index in [0.29, 0.717) is 6.54 Å². The smallest absolute Gasteiger partial charge is 0.204 e. The number of hydrogen-bond donors (Lipinski definition) is 1. The van der Waals surface area contributed by atoms with E-state index in [9.17, 15) is 4.79 Å². The standard InChI is InChI=1S/C12H15BrN4O/c1-3-9-12(13)10(16(2)15-9)7-17-5-4-11(18)8(14)6-17/h4-6H,3,7,14H2,1-2H3. The number of nitrogens with zero attached hydrogens (tertiary/aromatic N) is 3. The highest BCUT2D eigenvalue weighted by atomic mass is 79.9. The van der Waals surface area contributed by atoms with Crippen molar-refractivity contribution >= 4 is 21.6 Å². The summed E-state index contributed by atoms with van der Waals surface area (Å²) >= 11 is 3.56. The first-order valence-corrected chi connectivity index (χ1v) is 6.48. The molecular formula is C12H15BrN4O. The summed E-state index contributed by atoms with van der Waals surface area (Å²) in [5.74, 6) is 0. The molecular weight excluding hydrogens is 296 g/mol. The van der Waals surface area contributed by atoms with Crippen LogP contribution in [0.1, 0.15) is 18.3 Å². The number of anilines is 1. The Morgan fingerprint density at radius 2 is 2.22 bits per heavy atom. The molecule has 0 radical (unpaired) electrons. The molecule has 0 atom stereocenters. The first-order valence-electron chi connectivity index (χ1n) is 5.68. The average Bonchev–Trinajstić information content (AvgIpc) is 2.61. The highest BCUT2D eigenvalue weighted by molar-refractivity contribution is 9.10. The molecule has 2 heterocycles. The summed E-state index contributed by atoms with van der Waals surface area (Å²) in [6.45, 7) is 2.68. The van der Waals surface area contributed by atoms with E-state index in [4.69, 9.17) is 5.73 Å². The van der Waals surface area contributed by atoms with Gasteiger partial charge in [0.15, 0.2) is 0 Å². The van der Waals surface area contributed by atoms with Gasteiger partial charge in [-0.05, 0) is 22.4 Å². The van der Waals surface area contributed by atoms with Crippen LogP contribution < -0.4 is 11.2 Å². The molecule has 6 heteroatoms. The van der Waals surface area contributed by atoms with Gasteiger partial charge in [-0.1, -0.05) is 6.92 Å². The van der Waals surface area contributed by atoms with E-state index in [-0.39, 0.29) is 11.1 Å². The molecule has 18 heavy (non-hydrogen) atoms. The molecule has 0 bridgehead atoms. The van der Waals surface area contributed by atoms with Crippen LogP contribution in [0.3, 0.4) is 0 Å². The van der Waals surface area contributed by atoms with Crippen molar-refractivity contribution in [2.75, 3.05) is 5.73 Å². The summed E-state index contributed by atoms with van der Waals surface area (Å²) in [5.41, 5.74) is 7.80. The molecule has 2 aromatic rings. The summed E-state index contributed by atoms with van der Waals surface area (Å²) < 4.78 is 4.74. The molecule has 96 valence electrons. The van der Waals surface area contributed by atoms with Gasteiger partial charge in [0.1, 0.15) is 0 Å². The van der Waals surface area contributed by atoms with E-state index in [0.717, 1.165) is 22.3 Å². The Balaban J connectivity index is 2.36. The van der Waals surface area contributed by atoms with Crippen LogP contribution in [0.2, 0.25) is 0 Å². The Hall–Kier alpha value is -1.56. The van der Waals surface area contributed by atoms with Crippen molar-refractivity contribution in [2.45, 2.75) is 19.9 Å². The Morgan fingerprint density at radius 1 is 1.50 bits per heavy atom. The second-order valence-corrected chi connectivity index (χ2v) is 4.91. The van der Waals surface area contributed by atoms with Crippen molar-refractivity contribution in [3.63, 3.8) is 0 Å². The minimum Gasteiger partial charge on any atom is -0.394 e. The molecule has 0 saturated carbocycles. The lowest BCUT2D eigenvalue weighted by atomic mass is 10.3. The Bertz CT molecular complexity index is 629. The fourth-order valence-electron chi connectivity index (χ4n) is 1.81. The van der Waals surface area contributed by atoms with Gasteiger partial charge in [-0.25, -0.2) is 0 Å². The first kappa shape index (κ1) is 12.9. The van der Waals surface area contributed by atoms with Gasteiger partial charge in [-0.2, -0.15) is 5.10 Å². The average molecular weight is 311 g/mol. The van der Waals surface area contributed by atoms with Crippen molar-refractivity contribution in [1.29, 1.82) is 0 Å². The molecule has 0 spiro atoms. The Morgan fingerprint density at radius 3 is 2.78 bits per heavy atom. The van der Waals surface area contributed by atoms with Gasteiger partial charge in [0, 0.05) is 25.5 Å². The molecule has 2 rings (SSSR count). The summed E-state index contributed by atoms with van der Waals surface area (Å²) in [6.07, 6.45) is 4.25. The number of hydrogen-bond acceptors (Lipinski definition) is 3. The Labute approximate surface area is 113 Å². The van der Waals surface area contributed by atoms with Crippen LogP contribution >= 0.6 is 15.9 Å². The van der Waals surface area contributed by atoms with Crippen molar-refractivity contribution in [3.8, 4) is 0 Å². The normalized spacial score (nSPS) is 10.8. The first-order chi connectivity index (χ1) is 8.52. The van der Waals surface area contributed by atoms with E-state index < -0.39 is 0 Å². The van der Waals surface area contributed by atoms with Gasteiger partial charge in [-0.3, -0.25) is 9.48 Å². The van der Waals surface area contributed by atoms with Gasteiger partial charge < -0.3 is 10.3 Å². The predicted molar refractivity (Wildman–Crippen MR) is 74.5 cm³/mol. The number of rotatable bonds is 3. The maximum atomic E-state index is 11.2. The van der Waals surface area contributed by atoms with Gasteiger partial charge in [0.25, 0.3) is 0 Å². The molecule has 0 unspecified atom stereocenters. The van der Waals surface area contributed by atoms with Gasteiger partial charge in [0.05, 0.1) is 28.1 Å². The largest absolute Gasteiger partial charge is 0.394 e. The lowest BCUT2D eigenvalue weighted by Gasteiger charge is -2.08. The maximum Gasteiger partial charge on any atom is 0.204 e. The molecule has 0 amide bonds. The highest BCUT2D eigenvalue weighted by Gasteiger charge is 2.12. The summed E-state index contributed by atoms with van der Waals surface area (Å²) in [7, 11) is 1.91. The van der Waals surface area contributed by atoms with Crippen LogP contribution in [-0.4, -0.2) is 14.3 Å². The molecule has 0 saturated heterocycles.